The summed E-state index contributed by atoms with van der Waals surface area (Å²) >= 11 is 0. The van der Waals surface area contributed by atoms with Crippen LogP contribution in [0.5, 0.6) is 0 Å². The van der Waals surface area contributed by atoms with Gasteiger partial charge >= 0.3 is 0 Å². The van der Waals surface area contributed by atoms with Gasteiger partial charge in [-0.15, -0.1) is 0 Å². The molecule has 1 amide bonds. The second kappa shape index (κ2) is 7.71. The first kappa shape index (κ1) is 17.4. The van der Waals surface area contributed by atoms with Crippen molar-refractivity contribution < 1.29 is 18.5 Å². The normalized spacial score (nSPS) is 16.6. The minimum atomic E-state index is -0.186. The van der Waals surface area contributed by atoms with E-state index >= 15 is 0 Å². The number of amides is 1. The number of hydrogen-bond acceptors (Lipinski definition) is 7. The minimum absolute atomic E-state index is 0.124. The Kier molecular flexibility index (Phi) is 4.97. The van der Waals surface area contributed by atoms with Crippen LogP contribution in [-0.4, -0.2) is 27.6 Å². The molecule has 1 fully saturated rings. The first-order chi connectivity index (χ1) is 13.2. The van der Waals surface area contributed by atoms with E-state index in [0.29, 0.717) is 35.7 Å². The van der Waals surface area contributed by atoms with Crippen LogP contribution in [0.2, 0.25) is 0 Å². The molecule has 1 aliphatic heterocycles. The van der Waals surface area contributed by atoms with Crippen LogP contribution in [0.3, 0.4) is 0 Å². The van der Waals surface area contributed by atoms with Crippen molar-refractivity contribution >= 4 is 5.91 Å². The Balaban J connectivity index is 1.34. The van der Waals surface area contributed by atoms with Crippen molar-refractivity contribution in [2.45, 2.75) is 38.8 Å². The standard InChI is InChI=1S/C19H20N4O4/c1-12-14(21-18(26-12)13-6-3-2-4-7-13)10-17(24)20-11-16-22-19(27-23-16)15-8-5-9-25-15/h2-4,6-7,15H,5,8-11H2,1H3,(H,20,24). The second-order valence-corrected chi connectivity index (χ2v) is 6.39. The number of nitrogens with one attached hydrogen (secondary N) is 1. The lowest BCUT2D eigenvalue weighted by atomic mass is 10.2. The number of aryl methyl sites for hydroxylation is 1. The van der Waals surface area contributed by atoms with E-state index in [0.717, 1.165) is 18.4 Å². The molecule has 2 aromatic heterocycles. The summed E-state index contributed by atoms with van der Waals surface area (Å²) in [6.07, 6.45) is 1.86. The summed E-state index contributed by atoms with van der Waals surface area (Å²) in [6, 6.07) is 9.58. The monoisotopic (exact) mass is 368 g/mol. The molecule has 1 atom stereocenters. The third kappa shape index (κ3) is 4.06. The summed E-state index contributed by atoms with van der Waals surface area (Å²) in [5, 5.41) is 6.67. The highest BCUT2D eigenvalue weighted by Crippen LogP contribution is 2.26. The van der Waals surface area contributed by atoms with E-state index in [9.17, 15) is 4.79 Å². The van der Waals surface area contributed by atoms with Crippen LogP contribution in [0.1, 0.15) is 42.1 Å². The molecule has 1 unspecified atom stereocenters. The molecule has 0 radical (unpaired) electrons. The first-order valence-electron chi connectivity index (χ1n) is 8.91. The molecule has 27 heavy (non-hydrogen) atoms. The van der Waals surface area contributed by atoms with Gasteiger partial charge in [-0.25, -0.2) is 4.98 Å². The summed E-state index contributed by atoms with van der Waals surface area (Å²) in [5.41, 5.74) is 1.49. The number of benzene rings is 1. The Morgan fingerprint density at radius 3 is 2.89 bits per heavy atom. The fraction of sp³-hybridized carbons (Fsp3) is 0.368. The molecule has 8 nitrogen and oxygen atoms in total. The number of rotatable bonds is 6. The van der Waals surface area contributed by atoms with E-state index in [4.69, 9.17) is 13.7 Å². The van der Waals surface area contributed by atoms with Crippen LogP contribution in [0.15, 0.2) is 39.3 Å². The SMILES string of the molecule is Cc1oc(-c2ccccc2)nc1CC(=O)NCc1noc(C2CCCO2)n1. The minimum Gasteiger partial charge on any atom is -0.441 e. The maximum atomic E-state index is 12.2. The lowest BCUT2D eigenvalue weighted by molar-refractivity contribution is -0.120. The van der Waals surface area contributed by atoms with Gasteiger partial charge in [0.2, 0.25) is 11.8 Å². The molecule has 1 aliphatic rings. The van der Waals surface area contributed by atoms with Crippen molar-refractivity contribution in [3.63, 3.8) is 0 Å². The molecular formula is C19H20N4O4. The van der Waals surface area contributed by atoms with E-state index in [-0.39, 0.29) is 25.0 Å². The zero-order chi connectivity index (χ0) is 18.6. The molecular weight excluding hydrogens is 348 g/mol. The molecule has 1 saturated heterocycles. The maximum absolute atomic E-state index is 12.2. The largest absolute Gasteiger partial charge is 0.441 e. The Hall–Kier alpha value is -3.00. The van der Waals surface area contributed by atoms with Gasteiger partial charge in [-0.2, -0.15) is 4.98 Å². The fourth-order valence-electron chi connectivity index (χ4n) is 2.93. The van der Waals surface area contributed by atoms with E-state index in [1.807, 2.05) is 30.3 Å². The molecule has 3 heterocycles. The summed E-state index contributed by atoms with van der Waals surface area (Å²) in [7, 11) is 0. The topological polar surface area (TPSA) is 103 Å². The first-order valence-corrected chi connectivity index (χ1v) is 8.91. The molecule has 4 rings (SSSR count). The lowest BCUT2D eigenvalue weighted by Gasteiger charge is -2.01. The number of hydrogen-bond donors (Lipinski definition) is 1. The van der Waals surface area contributed by atoms with Crippen molar-refractivity contribution in [2.24, 2.45) is 0 Å². The number of carbonyl (C=O) groups excluding carboxylic acids is 1. The van der Waals surface area contributed by atoms with Crippen LogP contribution < -0.4 is 5.32 Å². The number of aromatic nitrogens is 3. The van der Waals surface area contributed by atoms with Gasteiger partial charge in [-0.1, -0.05) is 23.4 Å². The van der Waals surface area contributed by atoms with E-state index < -0.39 is 0 Å². The van der Waals surface area contributed by atoms with E-state index in [1.165, 1.54) is 0 Å². The van der Waals surface area contributed by atoms with Crippen molar-refractivity contribution in [2.75, 3.05) is 6.61 Å². The molecule has 0 saturated carbocycles. The van der Waals surface area contributed by atoms with Crippen molar-refractivity contribution in [3.05, 3.63) is 53.5 Å². The number of carbonyl (C=O) groups is 1. The summed E-state index contributed by atoms with van der Waals surface area (Å²) in [4.78, 5) is 21.0. The third-order valence-electron chi connectivity index (χ3n) is 4.37. The van der Waals surface area contributed by atoms with Gasteiger partial charge in [0.1, 0.15) is 11.9 Å². The molecule has 0 bridgehead atoms. The highest BCUT2D eigenvalue weighted by Gasteiger charge is 2.24. The molecule has 3 aromatic rings. The van der Waals surface area contributed by atoms with Gasteiger partial charge in [-0.3, -0.25) is 4.79 Å². The predicted octanol–water partition coefficient (Wildman–Crippen LogP) is 2.74. The van der Waals surface area contributed by atoms with Gasteiger partial charge in [-0.05, 0) is 31.9 Å². The van der Waals surface area contributed by atoms with Crippen molar-refractivity contribution in [1.82, 2.24) is 20.4 Å². The maximum Gasteiger partial charge on any atom is 0.255 e. The number of ether oxygens (including phenoxy) is 1. The molecule has 140 valence electrons. The predicted molar refractivity (Wildman–Crippen MR) is 94.5 cm³/mol. The van der Waals surface area contributed by atoms with E-state index in [1.54, 1.807) is 6.92 Å². The summed E-state index contributed by atoms with van der Waals surface area (Å²) < 4.78 is 16.4. The van der Waals surface area contributed by atoms with Crippen LogP contribution in [-0.2, 0) is 22.5 Å². The van der Waals surface area contributed by atoms with E-state index in [2.05, 4.69) is 20.4 Å². The molecule has 1 N–H and O–H groups in total. The number of nitrogens with zero attached hydrogens (tertiary/aromatic N) is 3. The number of oxazole rings is 1. The Labute approximate surface area is 155 Å². The van der Waals surface area contributed by atoms with Crippen LogP contribution in [0.4, 0.5) is 0 Å². The van der Waals surface area contributed by atoms with Crippen molar-refractivity contribution in [3.8, 4) is 11.5 Å². The fourth-order valence-corrected chi connectivity index (χ4v) is 2.93. The second-order valence-electron chi connectivity index (χ2n) is 6.39. The van der Waals surface area contributed by atoms with Gasteiger partial charge in [0.25, 0.3) is 5.89 Å². The third-order valence-corrected chi connectivity index (χ3v) is 4.37. The average Bonchev–Trinajstić information content (AvgIpc) is 3.42. The van der Waals surface area contributed by atoms with Crippen LogP contribution >= 0.6 is 0 Å². The lowest BCUT2D eigenvalue weighted by Crippen LogP contribution is -2.25. The van der Waals surface area contributed by atoms with Gasteiger partial charge < -0.3 is 19.0 Å². The van der Waals surface area contributed by atoms with Gasteiger partial charge in [0.15, 0.2) is 5.82 Å². The summed E-state index contributed by atoms with van der Waals surface area (Å²) in [6.45, 7) is 2.70. The molecule has 1 aromatic carbocycles. The highest BCUT2D eigenvalue weighted by molar-refractivity contribution is 5.78. The van der Waals surface area contributed by atoms with Crippen molar-refractivity contribution in [1.29, 1.82) is 0 Å². The smallest absolute Gasteiger partial charge is 0.255 e. The molecule has 0 spiro atoms. The highest BCUT2D eigenvalue weighted by atomic mass is 16.5. The molecule has 0 aliphatic carbocycles. The summed E-state index contributed by atoms with van der Waals surface area (Å²) in [5.74, 6) is 1.85. The zero-order valence-electron chi connectivity index (χ0n) is 15.0. The Bertz CT molecular complexity index is 913. The van der Waals surface area contributed by atoms with Gasteiger partial charge in [0, 0.05) is 12.2 Å². The van der Waals surface area contributed by atoms with Crippen LogP contribution in [0, 0.1) is 6.92 Å². The Morgan fingerprint density at radius 1 is 1.26 bits per heavy atom. The Morgan fingerprint density at radius 2 is 2.11 bits per heavy atom. The quantitative estimate of drug-likeness (QED) is 0.713. The zero-order valence-corrected chi connectivity index (χ0v) is 15.0. The molecule has 8 heteroatoms. The average molecular weight is 368 g/mol. The van der Waals surface area contributed by atoms with Crippen LogP contribution in [0.25, 0.3) is 11.5 Å². The van der Waals surface area contributed by atoms with Gasteiger partial charge in [0.05, 0.1) is 18.7 Å².